The molecule has 0 atom stereocenters. The predicted molar refractivity (Wildman–Crippen MR) is 75.5 cm³/mol. The van der Waals surface area contributed by atoms with Crippen molar-refractivity contribution in [3.05, 3.63) is 40.3 Å². The molecule has 0 saturated carbocycles. The normalized spacial score (nSPS) is 11.6. The van der Waals surface area contributed by atoms with Gasteiger partial charge in [-0.3, -0.25) is 0 Å². The van der Waals surface area contributed by atoms with Gasteiger partial charge in [0.05, 0.1) is 11.3 Å². The SMILES string of the molecule is Cc1nc2nonc2c(N)c1Cc1cc(C(F)(F)F)cc(C#N)n1. The van der Waals surface area contributed by atoms with Crippen LogP contribution in [0.3, 0.4) is 0 Å². The summed E-state index contributed by atoms with van der Waals surface area (Å²) in [4.78, 5) is 8.05. The second kappa shape index (κ2) is 5.45. The second-order valence-electron chi connectivity index (χ2n) is 5.04. The summed E-state index contributed by atoms with van der Waals surface area (Å²) in [6.45, 7) is 1.64. The first-order valence-corrected chi connectivity index (χ1v) is 6.65. The minimum atomic E-state index is -4.58. The molecular weight excluding hydrogens is 325 g/mol. The number of aromatic nitrogens is 4. The number of nitriles is 1. The number of nitrogen functional groups attached to an aromatic ring is 1. The summed E-state index contributed by atoms with van der Waals surface area (Å²) < 4.78 is 43.4. The third-order valence-electron chi connectivity index (χ3n) is 3.44. The molecule has 122 valence electrons. The van der Waals surface area contributed by atoms with Gasteiger partial charge in [-0.1, -0.05) is 0 Å². The molecule has 0 radical (unpaired) electrons. The number of rotatable bonds is 2. The predicted octanol–water partition coefficient (Wildman–Crippen LogP) is 2.38. The Morgan fingerprint density at radius 2 is 2.00 bits per heavy atom. The van der Waals surface area contributed by atoms with Gasteiger partial charge in [0, 0.05) is 23.4 Å². The molecule has 0 aliphatic rings. The van der Waals surface area contributed by atoms with Gasteiger partial charge in [-0.2, -0.15) is 18.4 Å². The van der Waals surface area contributed by atoms with E-state index in [9.17, 15) is 13.2 Å². The fraction of sp³-hybridized carbons (Fsp3) is 0.214. The number of hydrogen-bond acceptors (Lipinski definition) is 7. The molecule has 0 fully saturated rings. The fourth-order valence-corrected chi connectivity index (χ4v) is 2.29. The van der Waals surface area contributed by atoms with E-state index in [1.54, 1.807) is 13.0 Å². The van der Waals surface area contributed by atoms with Crippen molar-refractivity contribution in [1.82, 2.24) is 20.3 Å². The number of halogens is 3. The molecule has 10 heteroatoms. The number of hydrogen-bond donors (Lipinski definition) is 1. The molecular formula is C14H9F3N6O. The van der Waals surface area contributed by atoms with Crippen molar-refractivity contribution in [3.63, 3.8) is 0 Å². The van der Waals surface area contributed by atoms with Crippen molar-refractivity contribution in [2.24, 2.45) is 0 Å². The molecule has 7 nitrogen and oxygen atoms in total. The van der Waals surface area contributed by atoms with E-state index in [2.05, 4.69) is 24.9 Å². The maximum absolute atomic E-state index is 12.9. The maximum Gasteiger partial charge on any atom is 0.416 e. The highest BCUT2D eigenvalue weighted by Gasteiger charge is 2.31. The van der Waals surface area contributed by atoms with Gasteiger partial charge in [-0.15, -0.1) is 0 Å². The van der Waals surface area contributed by atoms with Gasteiger partial charge < -0.3 is 5.73 Å². The average molecular weight is 334 g/mol. The zero-order valence-electron chi connectivity index (χ0n) is 12.2. The Hall–Kier alpha value is -3.22. The first-order chi connectivity index (χ1) is 11.3. The Kier molecular flexibility index (Phi) is 3.56. The number of nitrogens with two attached hydrogens (primary N) is 1. The van der Waals surface area contributed by atoms with Crippen LogP contribution in [-0.2, 0) is 12.6 Å². The van der Waals surface area contributed by atoms with Crippen molar-refractivity contribution in [2.45, 2.75) is 19.5 Å². The van der Waals surface area contributed by atoms with Crippen molar-refractivity contribution in [3.8, 4) is 6.07 Å². The number of fused-ring (bicyclic) bond motifs is 1. The van der Waals surface area contributed by atoms with Gasteiger partial charge in [0.1, 0.15) is 11.8 Å². The van der Waals surface area contributed by atoms with Gasteiger partial charge in [-0.05, 0) is 29.4 Å². The van der Waals surface area contributed by atoms with Crippen molar-refractivity contribution < 1.29 is 17.8 Å². The lowest BCUT2D eigenvalue weighted by Gasteiger charge is -2.11. The van der Waals surface area contributed by atoms with Crippen LogP contribution in [0.25, 0.3) is 11.2 Å². The minimum Gasteiger partial charge on any atom is -0.396 e. The molecule has 0 aliphatic carbocycles. The Morgan fingerprint density at radius 1 is 1.25 bits per heavy atom. The summed E-state index contributed by atoms with van der Waals surface area (Å²) in [5.41, 5.74) is 6.33. The lowest BCUT2D eigenvalue weighted by Crippen LogP contribution is -2.09. The zero-order chi connectivity index (χ0) is 17.5. The molecule has 3 rings (SSSR count). The molecule has 0 amide bonds. The first kappa shape index (κ1) is 15.7. The summed E-state index contributed by atoms with van der Waals surface area (Å²) >= 11 is 0. The van der Waals surface area contributed by atoms with E-state index in [0.29, 0.717) is 17.3 Å². The van der Waals surface area contributed by atoms with Gasteiger partial charge >= 0.3 is 6.18 Å². The summed E-state index contributed by atoms with van der Waals surface area (Å²) in [7, 11) is 0. The van der Waals surface area contributed by atoms with E-state index in [1.807, 2.05) is 0 Å². The summed E-state index contributed by atoms with van der Waals surface area (Å²) in [5.74, 6) is 0. The van der Waals surface area contributed by atoms with Crippen LogP contribution in [0.5, 0.6) is 0 Å². The van der Waals surface area contributed by atoms with E-state index < -0.39 is 11.7 Å². The molecule has 0 spiro atoms. The van der Waals surface area contributed by atoms with Crippen LogP contribution in [0.2, 0.25) is 0 Å². The number of anilines is 1. The minimum absolute atomic E-state index is 0.0356. The van der Waals surface area contributed by atoms with E-state index in [-0.39, 0.29) is 34.7 Å². The van der Waals surface area contributed by atoms with Crippen LogP contribution in [0.15, 0.2) is 16.8 Å². The van der Waals surface area contributed by atoms with Crippen LogP contribution in [0.4, 0.5) is 18.9 Å². The molecule has 2 N–H and O–H groups in total. The Balaban J connectivity index is 2.10. The third-order valence-corrected chi connectivity index (χ3v) is 3.44. The lowest BCUT2D eigenvalue weighted by atomic mass is 10.0. The highest BCUT2D eigenvalue weighted by molar-refractivity contribution is 5.85. The second-order valence-corrected chi connectivity index (χ2v) is 5.04. The average Bonchev–Trinajstić information content (AvgIpc) is 2.98. The quantitative estimate of drug-likeness (QED) is 0.765. The molecule has 0 saturated heterocycles. The third kappa shape index (κ3) is 2.71. The topological polar surface area (TPSA) is 115 Å². The zero-order valence-corrected chi connectivity index (χ0v) is 12.2. The van der Waals surface area contributed by atoms with Crippen LogP contribution >= 0.6 is 0 Å². The summed E-state index contributed by atoms with van der Waals surface area (Å²) in [6.07, 6.45) is -4.62. The highest BCUT2D eigenvalue weighted by atomic mass is 19.4. The molecule has 0 aliphatic heterocycles. The summed E-state index contributed by atoms with van der Waals surface area (Å²) in [5, 5.41) is 16.1. The number of pyridine rings is 2. The number of nitrogens with zero attached hydrogens (tertiary/aromatic N) is 5. The van der Waals surface area contributed by atoms with Crippen molar-refractivity contribution in [1.29, 1.82) is 5.26 Å². The van der Waals surface area contributed by atoms with Crippen LogP contribution in [-0.4, -0.2) is 20.3 Å². The lowest BCUT2D eigenvalue weighted by molar-refractivity contribution is -0.137. The molecule has 0 bridgehead atoms. The standard InChI is InChI=1S/C14H9F3N6O/c1-6-10(11(19)12-13(20-6)23-24-22-12)4-8-2-7(14(15,16)17)3-9(5-18)21-8/h2-3H,4,19H2,1H3. The van der Waals surface area contributed by atoms with Crippen LogP contribution in [0.1, 0.15) is 28.2 Å². The van der Waals surface area contributed by atoms with Gasteiger partial charge in [0.25, 0.3) is 0 Å². The van der Waals surface area contributed by atoms with E-state index in [1.165, 1.54) is 0 Å². The first-order valence-electron chi connectivity index (χ1n) is 6.65. The van der Waals surface area contributed by atoms with Crippen molar-refractivity contribution in [2.75, 3.05) is 5.73 Å². The smallest absolute Gasteiger partial charge is 0.396 e. The Labute approximate surface area is 132 Å². The van der Waals surface area contributed by atoms with E-state index >= 15 is 0 Å². The maximum atomic E-state index is 12.9. The molecule has 0 aromatic carbocycles. The Bertz CT molecular complexity index is 973. The Morgan fingerprint density at radius 3 is 2.67 bits per heavy atom. The monoisotopic (exact) mass is 334 g/mol. The van der Waals surface area contributed by atoms with E-state index in [4.69, 9.17) is 11.0 Å². The van der Waals surface area contributed by atoms with Gasteiger partial charge in [-0.25, -0.2) is 14.6 Å². The molecule has 3 aromatic heterocycles. The fourth-order valence-electron chi connectivity index (χ4n) is 2.29. The van der Waals surface area contributed by atoms with Crippen LogP contribution < -0.4 is 5.73 Å². The largest absolute Gasteiger partial charge is 0.416 e. The van der Waals surface area contributed by atoms with Gasteiger partial charge in [0.2, 0.25) is 5.65 Å². The van der Waals surface area contributed by atoms with E-state index in [0.717, 1.165) is 6.07 Å². The molecule has 3 aromatic rings. The van der Waals surface area contributed by atoms with Crippen LogP contribution in [0, 0.1) is 18.3 Å². The summed E-state index contributed by atoms with van der Waals surface area (Å²) in [6, 6.07) is 3.20. The molecule has 3 heterocycles. The van der Waals surface area contributed by atoms with Crippen molar-refractivity contribution >= 4 is 16.9 Å². The van der Waals surface area contributed by atoms with Gasteiger partial charge in [0.15, 0.2) is 5.52 Å². The molecule has 24 heavy (non-hydrogen) atoms. The number of alkyl halides is 3. The molecule has 0 unspecified atom stereocenters. The number of aryl methyl sites for hydroxylation is 1. The highest BCUT2D eigenvalue weighted by Crippen LogP contribution is 2.31.